The molecule has 0 heterocycles. The number of rotatable bonds is 1. The minimum atomic E-state index is 0.286. The van der Waals surface area contributed by atoms with Gasteiger partial charge in [0.2, 0.25) is 0 Å². The highest BCUT2D eigenvalue weighted by Crippen LogP contribution is 2.28. The van der Waals surface area contributed by atoms with Crippen molar-refractivity contribution in [2.45, 2.75) is 6.42 Å². The number of hydrogen-bond donors (Lipinski definition) is 0. The Kier molecular flexibility index (Phi) is 3.39. The van der Waals surface area contributed by atoms with Gasteiger partial charge in [-0.3, -0.25) is 4.79 Å². The van der Waals surface area contributed by atoms with Gasteiger partial charge in [0, 0.05) is 22.1 Å². The quantitative estimate of drug-likeness (QED) is 0.623. The van der Waals surface area contributed by atoms with E-state index in [9.17, 15) is 4.79 Å². The predicted molar refractivity (Wildman–Crippen MR) is 51.4 cm³/mol. The molecule has 0 N–H and O–H groups in total. The van der Waals surface area contributed by atoms with Gasteiger partial charge in [0.05, 0.1) is 5.03 Å². The van der Waals surface area contributed by atoms with Crippen molar-refractivity contribution in [2.24, 2.45) is 0 Å². The number of carbonyl (C=O) groups is 1. The molecule has 64 valence electrons. The van der Waals surface area contributed by atoms with Crippen LogP contribution in [0.1, 0.15) is 6.42 Å². The summed E-state index contributed by atoms with van der Waals surface area (Å²) in [4.78, 5) is 10.5. The lowest BCUT2D eigenvalue weighted by molar-refractivity contribution is -0.104. The van der Waals surface area contributed by atoms with E-state index < -0.39 is 0 Å². The Morgan fingerprint density at radius 1 is 1.33 bits per heavy atom. The lowest BCUT2D eigenvalue weighted by atomic mass is 10.2. The van der Waals surface area contributed by atoms with Gasteiger partial charge >= 0.3 is 0 Å². The van der Waals surface area contributed by atoms with Gasteiger partial charge in [0.15, 0.2) is 6.29 Å². The molecule has 1 aliphatic carbocycles. The smallest absolute Gasteiger partial charge is 0.152 e. The molecule has 0 unspecified atom stereocenters. The average molecular weight is 223 g/mol. The van der Waals surface area contributed by atoms with Gasteiger partial charge in [-0.15, -0.1) is 0 Å². The molecule has 0 aromatic heterocycles. The largest absolute Gasteiger partial charge is 0.298 e. The fourth-order valence-electron chi connectivity index (χ4n) is 0.805. The molecule has 0 aromatic carbocycles. The number of aldehydes is 1. The average Bonchev–Trinajstić information content (AvgIpc) is 2.12. The van der Waals surface area contributed by atoms with Crippen molar-refractivity contribution in [1.82, 2.24) is 0 Å². The van der Waals surface area contributed by atoms with E-state index in [2.05, 4.69) is 0 Å². The summed E-state index contributed by atoms with van der Waals surface area (Å²) in [6.07, 6.45) is 4.27. The normalized spacial score (nSPS) is 18.2. The first kappa shape index (κ1) is 9.85. The summed E-state index contributed by atoms with van der Waals surface area (Å²) in [5.41, 5.74) is 0.310. The molecule has 0 aliphatic heterocycles. The highest BCUT2D eigenvalue weighted by atomic mass is 35.5. The molecular weight excluding hydrogens is 218 g/mol. The second-order valence-electron chi connectivity index (χ2n) is 2.22. The molecular formula is C8H5Cl3O. The van der Waals surface area contributed by atoms with Crippen molar-refractivity contribution in [3.05, 3.63) is 32.8 Å². The van der Waals surface area contributed by atoms with Crippen LogP contribution in [-0.4, -0.2) is 6.29 Å². The first-order chi connectivity index (χ1) is 5.65. The molecule has 0 saturated heterocycles. The van der Waals surface area contributed by atoms with Crippen LogP contribution in [0.4, 0.5) is 0 Å². The van der Waals surface area contributed by atoms with Crippen molar-refractivity contribution in [3.8, 4) is 0 Å². The molecule has 0 bridgehead atoms. The van der Waals surface area contributed by atoms with Gasteiger partial charge in [0.25, 0.3) is 0 Å². The Morgan fingerprint density at radius 3 is 2.58 bits per heavy atom. The van der Waals surface area contributed by atoms with E-state index in [1.54, 1.807) is 6.08 Å². The van der Waals surface area contributed by atoms with E-state index in [0.29, 0.717) is 28.3 Å². The second kappa shape index (κ2) is 4.13. The van der Waals surface area contributed by atoms with Crippen LogP contribution in [0.3, 0.4) is 0 Å². The standard InChI is InChI=1S/C8H5Cl3O/c9-5-1-2-7(10)6(4-12)8(11)3-5/h1,3-4H,2H2. The summed E-state index contributed by atoms with van der Waals surface area (Å²) >= 11 is 17.2. The number of carbonyl (C=O) groups excluding carboxylic acids is 1. The van der Waals surface area contributed by atoms with Crippen LogP contribution >= 0.6 is 34.8 Å². The van der Waals surface area contributed by atoms with Crippen LogP contribution in [-0.2, 0) is 4.79 Å². The lowest BCUT2D eigenvalue weighted by Gasteiger charge is -1.97. The molecule has 0 aromatic rings. The van der Waals surface area contributed by atoms with E-state index >= 15 is 0 Å². The maximum atomic E-state index is 10.5. The fourth-order valence-corrected chi connectivity index (χ4v) is 1.59. The van der Waals surface area contributed by atoms with Gasteiger partial charge in [0.1, 0.15) is 0 Å². The summed E-state index contributed by atoms with van der Waals surface area (Å²) in [5, 5.41) is 1.20. The van der Waals surface area contributed by atoms with Crippen molar-refractivity contribution in [1.29, 1.82) is 0 Å². The van der Waals surface area contributed by atoms with Gasteiger partial charge in [-0.05, 0) is 6.08 Å². The van der Waals surface area contributed by atoms with E-state index in [-0.39, 0.29) is 5.03 Å². The van der Waals surface area contributed by atoms with Gasteiger partial charge in [-0.25, -0.2) is 0 Å². The van der Waals surface area contributed by atoms with Gasteiger partial charge in [-0.2, -0.15) is 0 Å². The minimum absolute atomic E-state index is 0.286. The maximum Gasteiger partial charge on any atom is 0.152 e. The van der Waals surface area contributed by atoms with E-state index in [1.807, 2.05) is 0 Å². The van der Waals surface area contributed by atoms with Crippen molar-refractivity contribution in [2.75, 3.05) is 0 Å². The monoisotopic (exact) mass is 222 g/mol. The second-order valence-corrected chi connectivity index (χ2v) is 3.52. The number of allylic oxidation sites excluding steroid dienone is 6. The Hall–Kier alpha value is -0.240. The molecule has 1 rings (SSSR count). The summed E-state index contributed by atoms with van der Waals surface area (Å²) < 4.78 is 0. The zero-order valence-electron chi connectivity index (χ0n) is 5.98. The van der Waals surface area contributed by atoms with Crippen LogP contribution in [0.2, 0.25) is 0 Å². The summed E-state index contributed by atoms with van der Waals surface area (Å²) in [7, 11) is 0. The molecule has 0 radical (unpaired) electrons. The molecule has 4 heteroatoms. The third-order valence-corrected chi connectivity index (χ3v) is 2.34. The highest BCUT2D eigenvalue weighted by molar-refractivity contribution is 6.40. The SMILES string of the molecule is O=CC1=C(Cl)CC=C(Cl)C=C1Cl. The molecule has 1 aliphatic rings. The minimum Gasteiger partial charge on any atom is -0.298 e. The molecule has 0 saturated carbocycles. The van der Waals surface area contributed by atoms with Crippen molar-refractivity contribution < 1.29 is 4.79 Å². The molecule has 0 fully saturated rings. The molecule has 0 atom stereocenters. The zero-order valence-corrected chi connectivity index (χ0v) is 8.25. The molecule has 0 spiro atoms. The van der Waals surface area contributed by atoms with Gasteiger partial charge in [-0.1, -0.05) is 40.9 Å². The fraction of sp³-hybridized carbons (Fsp3) is 0.125. The zero-order chi connectivity index (χ0) is 9.14. The third kappa shape index (κ3) is 2.13. The van der Waals surface area contributed by atoms with Crippen LogP contribution in [0.5, 0.6) is 0 Å². The summed E-state index contributed by atoms with van der Waals surface area (Å²) in [6.45, 7) is 0. The number of halogens is 3. The first-order valence-corrected chi connectivity index (χ1v) is 4.35. The lowest BCUT2D eigenvalue weighted by Crippen LogP contribution is -1.86. The Labute approximate surface area is 85.3 Å². The van der Waals surface area contributed by atoms with Crippen molar-refractivity contribution in [3.63, 3.8) is 0 Å². The van der Waals surface area contributed by atoms with E-state index in [4.69, 9.17) is 34.8 Å². The number of hydrogen-bond acceptors (Lipinski definition) is 1. The Morgan fingerprint density at radius 2 is 2.00 bits per heavy atom. The van der Waals surface area contributed by atoms with Crippen LogP contribution in [0.25, 0.3) is 0 Å². The summed E-state index contributed by atoms with van der Waals surface area (Å²) in [6, 6.07) is 0. The van der Waals surface area contributed by atoms with Crippen molar-refractivity contribution >= 4 is 41.1 Å². The van der Waals surface area contributed by atoms with Crippen LogP contribution < -0.4 is 0 Å². The highest BCUT2D eigenvalue weighted by Gasteiger charge is 2.10. The van der Waals surface area contributed by atoms with E-state index in [1.165, 1.54) is 6.08 Å². The topological polar surface area (TPSA) is 17.1 Å². The molecule has 1 nitrogen and oxygen atoms in total. The first-order valence-electron chi connectivity index (χ1n) is 3.22. The maximum absolute atomic E-state index is 10.5. The predicted octanol–water partition coefficient (Wildman–Crippen LogP) is 3.33. The van der Waals surface area contributed by atoms with Crippen LogP contribution in [0, 0.1) is 0 Å². The third-order valence-electron chi connectivity index (χ3n) is 1.41. The van der Waals surface area contributed by atoms with Crippen LogP contribution in [0.15, 0.2) is 32.8 Å². The molecule has 12 heavy (non-hydrogen) atoms. The van der Waals surface area contributed by atoms with Gasteiger partial charge < -0.3 is 0 Å². The van der Waals surface area contributed by atoms with E-state index in [0.717, 1.165) is 0 Å². The Balaban J connectivity index is 3.13. The molecule has 0 amide bonds. The Bertz CT molecular complexity index is 299. The summed E-state index contributed by atoms with van der Waals surface area (Å²) in [5.74, 6) is 0.